The summed E-state index contributed by atoms with van der Waals surface area (Å²) in [4.78, 5) is 19.0. The Morgan fingerprint density at radius 1 is 1.22 bits per heavy atom. The maximum atomic E-state index is 14.5. The highest BCUT2D eigenvalue weighted by Crippen LogP contribution is 2.33. The Labute approximate surface area is 185 Å². The molecule has 0 spiro atoms. The van der Waals surface area contributed by atoms with E-state index in [4.69, 9.17) is 4.42 Å². The summed E-state index contributed by atoms with van der Waals surface area (Å²) in [5, 5.41) is 2.88. The van der Waals surface area contributed by atoms with E-state index in [2.05, 4.69) is 34.3 Å². The Balaban J connectivity index is 1.27. The van der Waals surface area contributed by atoms with Crippen LogP contribution in [0.25, 0.3) is 5.69 Å². The zero-order valence-electron chi connectivity index (χ0n) is 17.7. The van der Waals surface area contributed by atoms with Gasteiger partial charge in [-0.3, -0.25) is 4.79 Å². The van der Waals surface area contributed by atoms with Gasteiger partial charge < -0.3 is 19.2 Å². The van der Waals surface area contributed by atoms with E-state index < -0.39 is 0 Å². The normalized spacial score (nSPS) is 15.1. The fourth-order valence-electron chi connectivity index (χ4n) is 4.24. The van der Waals surface area contributed by atoms with Gasteiger partial charge in [0.15, 0.2) is 0 Å². The number of nitrogens with zero attached hydrogens (tertiary/aromatic N) is 3. The maximum Gasteiger partial charge on any atom is 0.255 e. The van der Waals surface area contributed by atoms with Crippen LogP contribution in [0, 0.1) is 5.82 Å². The van der Waals surface area contributed by atoms with E-state index in [-0.39, 0.29) is 18.3 Å². The number of halogens is 1. The second-order valence-electron chi connectivity index (χ2n) is 8.01. The minimum Gasteiger partial charge on any atom is -0.467 e. The molecule has 7 heteroatoms. The molecule has 162 valence electrons. The Hall–Kier alpha value is -3.87. The lowest BCUT2D eigenvalue weighted by molar-refractivity contribution is 0.0948. The summed E-state index contributed by atoms with van der Waals surface area (Å²) < 4.78 is 21.8. The van der Waals surface area contributed by atoms with Crippen molar-refractivity contribution in [2.24, 2.45) is 0 Å². The van der Waals surface area contributed by atoms with Gasteiger partial charge >= 0.3 is 0 Å². The van der Waals surface area contributed by atoms with E-state index in [1.165, 1.54) is 23.6 Å². The molecule has 0 saturated heterocycles. The van der Waals surface area contributed by atoms with Gasteiger partial charge in [0, 0.05) is 30.7 Å². The quantitative estimate of drug-likeness (QED) is 0.490. The third-order valence-electron chi connectivity index (χ3n) is 5.90. The molecular formula is C25H23FN4O2. The first kappa shape index (κ1) is 20.1. The van der Waals surface area contributed by atoms with Crippen LogP contribution in [-0.2, 0) is 19.5 Å². The van der Waals surface area contributed by atoms with Gasteiger partial charge in [-0.15, -0.1) is 0 Å². The highest BCUT2D eigenvalue weighted by molar-refractivity contribution is 5.95. The number of aromatic nitrogens is 2. The van der Waals surface area contributed by atoms with Crippen molar-refractivity contribution >= 4 is 11.6 Å². The van der Waals surface area contributed by atoms with Gasteiger partial charge in [0.2, 0.25) is 0 Å². The fourth-order valence-corrected chi connectivity index (χ4v) is 4.24. The number of imidazole rings is 1. The van der Waals surface area contributed by atoms with E-state index in [0.717, 1.165) is 6.42 Å². The minimum atomic E-state index is -0.375. The van der Waals surface area contributed by atoms with Gasteiger partial charge in [-0.1, -0.05) is 24.3 Å². The van der Waals surface area contributed by atoms with Crippen LogP contribution in [0.5, 0.6) is 0 Å². The lowest BCUT2D eigenvalue weighted by Gasteiger charge is -2.24. The van der Waals surface area contributed by atoms with E-state index >= 15 is 0 Å². The summed E-state index contributed by atoms with van der Waals surface area (Å²) in [5.74, 6) is 0.00102. The first-order valence-corrected chi connectivity index (χ1v) is 10.6. The van der Waals surface area contributed by atoms with E-state index in [1.807, 2.05) is 12.1 Å². The summed E-state index contributed by atoms with van der Waals surface area (Å²) in [6, 6.07) is 15.2. The molecule has 1 aliphatic rings. The summed E-state index contributed by atoms with van der Waals surface area (Å²) >= 11 is 0. The molecule has 1 amide bonds. The van der Waals surface area contributed by atoms with Crippen LogP contribution in [0.4, 0.5) is 10.1 Å². The lowest BCUT2D eigenvalue weighted by Crippen LogP contribution is -2.30. The Kier molecular flexibility index (Phi) is 5.23. The minimum absolute atomic E-state index is 0.216. The van der Waals surface area contributed by atoms with Crippen LogP contribution in [0.2, 0.25) is 0 Å². The molecule has 1 N–H and O–H groups in total. The number of amides is 1. The number of rotatable bonds is 6. The lowest BCUT2D eigenvalue weighted by atomic mass is 10.1. The smallest absolute Gasteiger partial charge is 0.255 e. The Morgan fingerprint density at radius 2 is 2.09 bits per heavy atom. The molecule has 2 aromatic carbocycles. The molecule has 2 aromatic heterocycles. The molecule has 1 unspecified atom stereocenters. The van der Waals surface area contributed by atoms with Crippen LogP contribution >= 0.6 is 0 Å². The van der Waals surface area contributed by atoms with Crippen molar-refractivity contribution in [2.45, 2.75) is 32.5 Å². The molecule has 5 rings (SSSR count). The first-order valence-electron chi connectivity index (χ1n) is 10.6. The number of benzene rings is 2. The molecule has 0 radical (unpaired) electrons. The van der Waals surface area contributed by atoms with Gasteiger partial charge in [0.25, 0.3) is 5.91 Å². The molecule has 1 atom stereocenters. The van der Waals surface area contributed by atoms with Gasteiger partial charge in [-0.25, -0.2) is 9.37 Å². The van der Waals surface area contributed by atoms with E-state index in [0.29, 0.717) is 35.2 Å². The van der Waals surface area contributed by atoms with Crippen LogP contribution in [-0.4, -0.2) is 21.5 Å². The van der Waals surface area contributed by atoms with Crippen molar-refractivity contribution in [3.63, 3.8) is 0 Å². The van der Waals surface area contributed by atoms with Crippen molar-refractivity contribution in [3.05, 3.63) is 102 Å². The number of carbonyl (C=O) groups is 1. The molecule has 1 aliphatic heterocycles. The first-order chi connectivity index (χ1) is 15.6. The second kappa shape index (κ2) is 8.34. The molecule has 0 aliphatic carbocycles. The molecule has 6 nitrogen and oxygen atoms in total. The van der Waals surface area contributed by atoms with E-state index in [9.17, 15) is 9.18 Å². The van der Waals surface area contributed by atoms with Crippen molar-refractivity contribution in [1.29, 1.82) is 0 Å². The van der Waals surface area contributed by atoms with Gasteiger partial charge in [0.1, 0.15) is 11.6 Å². The number of hydrogen-bond acceptors (Lipinski definition) is 4. The zero-order valence-corrected chi connectivity index (χ0v) is 17.7. The van der Waals surface area contributed by atoms with Gasteiger partial charge in [-0.2, -0.15) is 0 Å². The molecule has 32 heavy (non-hydrogen) atoms. The average molecular weight is 430 g/mol. The largest absolute Gasteiger partial charge is 0.467 e. The fraction of sp³-hybridized carbons (Fsp3) is 0.200. The SMILES string of the molecule is CC1Cc2ccccc2N1Cc1occc1C(=O)NCc1ccc(-n2ccnc2)c(F)c1. The number of fused-ring (bicyclic) bond motifs is 1. The highest BCUT2D eigenvalue weighted by atomic mass is 19.1. The maximum absolute atomic E-state index is 14.5. The summed E-state index contributed by atoms with van der Waals surface area (Å²) in [6.07, 6.45) is 7.33. The van der Waals surface area contributed by atoms with Crippen molar-refractivity contribution in [1.82, 2.24) is 14.9 Å². The predicted octanol–water partition coefficient (Wildman–Crippen LogP) is 4.49. The van der Waals surface area contributed by atoms with Gasteiger partial charge in [-0.05, 0) is 48.7 Å². The van der Waals surface area contributed by atoms with Crippen molar-refractivity contribution < 1.29 is 13.6 Å². The van der Waals surface area contributed by atoms with E-state index in [1.54, 1.807) is 41.5 Å². The van der Waals surface area contributed by atoms with Crippen LogP contribution in [0.1, 0.15) is 34.2 Å². The zero-order chi connectivity index (χ0) is 22.1. The number of carbonyl (C=O) groups excluding carboxylic acids is 1. The third kappa shape index (κ3) is 3.77. The monoisotopic (exact) mass is 430 g/mol. The molecule has 0 fully saturated rings. The summed E-state index contributed by atoms with van der Waals surface area (Å²) in [6.45, 7) is 2.90. The van der Waals surface area contributed by atoms with Crippen molar-refractivity contribution in [3.8, 4) is 5.69 Å². The second-order valence-corrected chi connectivity index (χ2v) is 8.01. The topological polar surface area (TPSA) is 63.3 Å². The summed E-state index contributed by atoms with van der Waals surface area (Å²) in [7, 11) is 0. The van der Waals surface area contributed by atoms with Crippen LogP contribution in [0.15, 0.2) is 77.9 Å². The standard InChI is InChI=1S/C25H23FN4O2/c1-17-12-19-4-2-3-5-22(19)30(17)15-24-20(8-11-32-24)25(31)28-14-18-6-7-23(21(26)13-18)29-10-9-27-16-29/h2-11,13,16-17H,12,14-15H2,1H3,(H,28,31). The summed E-state index contributed by atoms with van der Waals surface area (Å²) in [5.41, 5.74) is 4.06. The van der Waals surface area contributed by atoms with Gasteiger partial charge in [0.05, 0.1) is 30.4 Å². The molecule has 0 saturated carbocycles. The number of hydrogen-bond donors (Lipinski definition) is 1. The number of nitrogens with one attached hydrogen (secondary N) is 1. The highest BCUT2D eigenvalue weighted by Gasteiger charge is 2.28. The predicted molar refractivity (Wildman–Crippen MR) is 119 cm³/mol. The average Bonchev–Trinajstić information content (AvgIpc) is 3.54. The van der Waals surface area contributed by atoms with Crippen molar-refractivity contribution in [2.75, 3.05) is 4.90 Å². The van der Waals surface area contributed by atoms with Crippen LogP contribution in [0.3, 0.4) is 0 Å². The number of anilines is 1. The number of para-hydroxylation sites is 1. The Bertz CT molecular complexity index is 1250. The molecule has 4 aromatic rings. The third-order valence-corrected chi connectivity index (χ3v) is 5.90. The molecule has 0 bridgehead atoms. The van der Waals surface area contributed by atoms with Crippen LogP contribution < -0.4 is 10.2 Å². The Morgan fingerprint density at radius 3 is 2.91 bits per heavy atom. The molecular weight excluding hydrogens is 407 g/mol. The number of furan rings is 1. The molecule has 3 heterocycles.